The average Bonchev–Trinajstić information content (AvgIpc) is 3.14. The lowest BCUT2D eigenvalue weighted by Crippen LogP contribution is -2.46. The van der Waals surface area contributed by atoms with Gasteiger partial charge >= 0.3 is 6.18 Å². The van der Waals surface area contributed by atoms with E-state index in [0.717, 1.165) is 24.5 Å². The third-order valence-corrected chi connectivity index (χ3v) is 5.11. The van der Waals surface area contributed by atoms with Crippen LogP contribution in [0.3, 0.4) is 0 Å². The minimum atomic E-state index is -4.64. The Morgan fingerprint density at radius 3 is 2.60 bits per heavy atom. The molecule has 0 unspecified atom stereocenters. The van der Waals surface area contributed by atoms with Crippen LogP contribution in [-0.4, -0.2) is 16.1 Å². The van der Waals surface area contributed by atoms with Crippen LogP contribution in [0.1, 0.15) is 31.2 Å². The summed E-state index contributed by atoms with van der Waals surface area (Å²) in [6.45, 7) is 0. The molecule has 1 aromatic rings. The number of halogens is 3. The van der Waals surface area contributed by atoms with E-state index in [1.54, 1.807) is 0 Å². The molecule has 3 rings (SSSR count). The van der Waals surface area contributed by atoms with Gasteiger partial charge in [0.25, 0.3) is 5.69 Å². The molecule has 0 aliphatic heterocycles. The minimum absolute atomic E-state index is 0.0879. The van der Waals surface area contributed by atoms with Crippen LogP contribution >= 0.6 is 12.2 Å². The summed E-state index contributed by atoms with van der Waals surface area (Å²) < 4.78 is 38.1. The summed E-state index contributed by atoms with van der Waals surface area (Å²) in [6.07, 6.45) is 0.0160. The Balaban J connectivity index is 1.62. The molecule has 0 amide bonds. The van der Waals surface area contributed by atoms with Gasteiger partial charge in [-0.1, -0.05) is 6.42 Å². The van der Waals surface area contributed by atoms with Gasteiger partial charge in [-0.25, -0.2) is 0 Å². The fourth-order valence-corrected chi connectivity index (χ4v) is 3.92. The highest BCUT2D eigenvalue weighted by Gasteiger charge is 2.39. The normalized spacial score (nSPS) is 24.8. The van der Waals surface area contributed by atoms with Crippen LogP contribution in [0.25, 0.3) is 0 Å². The van der Waals surface area contributed by atoms with Crippen molar-refractivity contribution in [3.05, 3.63) is 33.9 Å². The highest BCUT2D eigenvalue weighted by molar-refractivity contribution is 7.80. The highest BCUT2D eigenvalue weighted by atomic mass is 32.1. The van der Waals surface area contributed by atoms with Crippen molar-refractivity contribution in [2.24, 2.45) is 11.8 Å². The number of hydrogen-bond donors (Lipinski definition) is 3. The summed E-state index contributed by atoms with van der Waals surface area (Å²) in [5, 5.41) is 14.5. The van der Waals surface area contributed by atoms with Gasteiger partial charge in [0.05, 0.1) is 10.5 Å². The molecule has 136 valence electrons. The molecular formula is C15H17F3N4O2S. The number of nitrogens with zero attached hydrogens (tertiary/aromatic N) is 1. The van der Waals surface area contributed by atoms with Crippen molar-refractivity contribution in [2.75, 3.05) is 5.43 Å². The molecule has 3 atom stereocenters. The SMILES string of the molecule is O=[N+]([O-])c1cc(C(F)(F)F)ccc1NNC(=S)N[C@@H]1C[C@H]2CC[C@H]1C2. The fraction of sp³-hybridized carbons (Fsp3) is 0.533. The quantitative estimate of drug-likeness (QED) is 0.425. The van der Waals surface area contributed by atoms with Gasteiger partial charge in [0.15, 0.2) is 5.11 Å². The Morgan fingerprint density at radius 1 is 1.28 bits per heavy atom. The van der Waals surface area contributed by atoms with E-state index in [-0.39, 0.29) is 16.8 Å². The van der Waals surface area contributed by atoms with Crippen molar-refractivity contribution in [3.8, 4) is 0 Å². The zero-order chi connectivity index (χ0) is 18.2. The second kappa shape index (κ2) is 6.66. The summed E-state index contributed by atoms with van der Waals surface area (Å²) in [7, 11) is 0. The van der Waals surface area contributed by atoms with E-state index in [9.17, 15) is 23.3 Å². The summed E-state index contributed by atoms with van der Waals surface area (Å²) in [5.41, 5.74) is 3.31. The molecule has 2 fully saturated rings. The summed E-state index contributed by atoms with van der Waals surface area (Å²) in [4.78, 5) is 10.2. The van der Waals surface area contributed by atoms with Gasteiger partial charge in [-0.05, 0) is 55.4 Å². The van der Waals surface area contributed by atoms with Crippen LogP contribution in [0.15, 0.2) is 18.2 Å². The molecule has 2 aliphatic rings. The van der Waals surface area contributed by atoms with E-state index >= 15 is 0 Å². The lowest BCUT2D eigenvalue weighted by Gasteiger charge is -2.24. The fourth-order valence-electron chi connectivity index (χ4n) is 3.71. The minimum Gasteiger partial charge on any atom is -0.358 e. The molecule has 0 heterocycles. The molecule has 10 heteroatoms. The van der Waals surface area contributed by atoms with Crippen LogP contribution in [0.4, 0.5) is 24.5 Å². The Labute approximate surface area is 147 Å². The number of fused-ring (bicyclic) bond motifs is 2. The van der Waals surface area contributed by atoms with Gasteiger partial charge < -0.3 is 5.32 Å². The molecule has 0 radical (unpaired) electrons. The number of rotatable bonds is 4. The van der Waals surface area contributed by atoms with Crippen molar-refractivity contribution in [2.45, 2.75) is 37.9 Å². The van der Waals surface area contributed by atoms with Gasteiger partial charge in [0.1, 0.15) is 5.69 Å². The lowest BCUT2D eigenvalue weighted by atomic mass is 9.96. The van der Waals surface area contributed by atoms with Crippen molar-refractivity contribution in [1.82, 2.24) is 10.7 Å². The molecule has 2 aliphatic carbocycles. The van der Waals surface area contributed by atoms with E-state index in [2.05, 4.69) is 16.2 Å². The zero-order valence-corrected chi connectivity index (χ0v) is 13.9. The summed E-state index contributed by atoms with van der Waals surface area (Å²) in [6, 6.07) is 2.57. The number of nitro groups is 1. The maximum absolute atomic E-state index is 12.7. The smallest absolute Gasteiger partial charge is 0.358 e. The van der Waals surface area contributed by atoms with Crippen molar-refractivity contribution < 1.29 is 18.1 Å². The highest BCUT2D eigenvalue weighted by Crippen LogP contribution is 2.44. The second-order valence-electron chi connectivity index (χ2n) is 6.49. The number of thiocarbonyl (C=S) groups is 1. The largest absolute Gasteiger partial charge is 0.416 e. The van der Waals surface area contributed by atoms with E-state index in [4.69, 9.17) is 12.2 Å². The maximum atomic E-state index is 12.7. The van der Waals surface area contributed by atoms with Crippen LogP contribution in [-0.2, 0) is 6.18 Å². The Hall–Kier alpha value is -2.10. The first-order valence-corrected chi connectivity index (χ1v) is 8.33. The van der Waals surface area contributed by atoms with Gasteiger partial charge in [-0.15, -0.1) is 0 Å². The van der Waals surface area contributed by atoms with Gasteiger partial charge in [-0.2, -0.15) is 13.2 Å². The first-order valence-electron chi connectivity index (χ1n) is 7.92. The number of anilines is 1. The molecule has 0 aromatic heterocycles. The Bertz CT molecular complexity index is 698. The molecule has 25 heavy (non-hydrogen) atoms. The van der Waals surface area contributed by atoms with Crippen molar-refractivity contribution >= 4 is 28.7 Å². The topological polar surface area (TPSA) is 79.2 Å². The molecule has 1 aromatic carbocycles. The molecule has 2 bridgehead atoms. The monoisotopic (exact) mass is 374 g/mol. The number of benzene rings is 1. The third kappa shape index (κ3) is 3.94. The van der Waals surface area contributed by atoms with Gasteiger partial charge in [0, 0.05) is 12.1 Å². The van der Waals surface area contributed by atoms with Crippen LogP contribution in [0, 0.1) is 22.0 Å². The predicted molar refractivity (Wildman–Crippen MR) is 89.8 cm³/mol. The molecule has 0 saturated heterocycles. The molecule has 3 N–H and O–H groups in total. The van der Waals surface area contributed by atoms with E-state index < -0.39 is 22.4 Å². The number of hydrogen-bond acceptors (Lipinski definition) is 4. The van der Waals surface area contributed by atoms with Crippen LogP contribution in [0.2, 0.25) is 0 Å². The number of nitro benzene ring substituents is 1. The second-order valence-corrected chi connectivity index (χ2v) is 6.90. The number of hydrazine groups is 1. The first kappa shape index (κ1) is 17.7. The van der Waals surface area contributed by atoms with Crippen molar-refractivity contribution in [3.63, 3.8) is 0 Å². The average molecular weight is 374 g/mol. The molecule has 2 saturated carbocycles. The van der Waals surface area contributed by atoms with Crippen molar-refractivity contribution in [1.29, 1.82) is 0 Å². The van der Waals surface area contributed by atoms with E-state index in [0.29, 0.717) is 12.0 Å². The Kier molecular flexibility index (Phi) is 4.72. The third-order valence-electron chi connectivity index (χ3n) is 4.89. The molecule has 6 nitrogen and oxygen atoms in total. The standard InChI is InChI=1S/C15H17F3N4O2S/c16-15(17,18)10-3-4-11(13(7-10)22(23)24)20-21-14(25)19-12-6-8-1-2-9(12)5-8/h3-4,7-9,12,20H,1-2,5-6H2,(H2,19,21,25)/t8-,9-,12+/m0/s1. The Morgan fingerprint density at radius 2 is 2.04 bits per heavy atom. The van der Waals surface area contributed by atoms with E-state index in [1.807, 2.05) is 0 Å². The first-order chi connectivity index (χ1) is 11.7. The van der Waals surface area contributed by atoms with Crippen LogP contribution in [0.5, 0.6) is 0 Å². The maximum Gasteiger partial charge on any atom is 0.416 e. The molecule has 0 spiro atoms. The van der Waals surface area contributed by atoms with Gasteiger partial charge in [0.2, 0.25) is 0 Å². The van der Waals surface area contributed by atoms with E-state index in [1.165, 1.54) is 19.3 Å². The summed E-state index contributed by atoms with van der Waals surface area (Å²) in [5.74, 6) is 1.32. The number of nitrogens with one attached hydrogen (secondary N) is 3. The lowest BCUT2D eigenvalue weighted by molar-refractivity contribution is -0.384. The predicted octanol–water partition coefficient (Wildman–Crippen LogP) is 3.59. The van der Waals surface area contributed by atoms with Crippen LogP contribution < -0.4 is 16.2 Å². The zero-order valence-electron chi connectivity index (χ0n) is 13.1. The van der Waals surface area contributed by atoms with Gasteiger partial charge in [-0.3, -0.25) is 21.0 Å². The molecular weight excluding hydrogens is 357 g/mol. The number of alkyl halides is 3. The summed E-state index contributed by atoms with van der Waals surface area (Å²) >= 11 is 5.16.